The number of hydrogen-bond acceptors (Lipinski definition) is 3. The molecular formula is C11H13F3N2O2. The lowest BCUT2D eigenvalue weighted by molar-refractivity contribution is -0.174. The van der Waals surface area contributed by atoms with Gasteiger partial charge in [-0.05, 0) is 31.0 Å². The van der Waals surface area contributed by atoms with Gasteiger partial charge in [-0.1, -0.05) is 12.1 Å². The van der Waals surface area contributed by atoms with E-state index in [4.69, 9.17) is 5.11 Å². The van der Waals surface area contributed by atoms with Crippen molar-refractivity contribution in [3.8, 4) is 5.75 Å². The van der Waals surface area contributed by atoms with Crippen molar-refractivity contribution in [2.24, 2.45) is 0 Å². The van der Waals surface area contributed by atoms with Gasteiger partial charge in [-0.2, -0.15) is 13.2 Å². The van der Waals surface area contributed by atoms with E-state index in [2.05, 4.69) is 5.43 Å². The Balaban J connectivity index is 2.40. The first-order valence-electron chi connectivity index (χ1n) is 5.19. The summed E-state index contributed by atoms with van der Waals surface area (Å²) in [6, 6.07) is 5.89. The fourth-order valence-electron chi connectivity index (χ4n) is 1.30. The van der Waals surface area contributed by atoms with Crippen LogP contribution in [0.15, 0.2) is 24.3 Å². The summed E-state index contributed by atoms with van der Waals surface area (Å²) in [5.41, 5.74) is 4.69. The van der Waals surface area contributed by atoms with E-state index in [1.54, 1.807) is 24.5 Å². The molecule has 1 rings (SSSR count). The number of rotatable bonds is 4. The van der Waals surface area contributed by atoms with Crippen molar-refractivity contribution in [1.82, 2.24) is 10.9 Å². The van der Waals surface area contributed by atoms with E-state index in [0.717, 1.165) is 5.56 Å². The quantitative estimate of drug-likeness (QED) is 0.721. The van der Waals surface area contributed by atoms with Gasteiger partial charge in [0.05, 0.1) is 0 Å². The van der Waals surface area contributed by atoms with Crippen molar-refractivity contribution in [3.05, 3.63) is 29.8 Å². The van der Waals surface area contributed by atoms with Crippen LogP contribution in [0.25, 0.3) is 0 Å². The molecule has 1 aromatic rings. The predicted octanol–water partition coefficient (Wildman–Crippen LogP) is 1.51. The predicted molar refractivity (Wildman–Crippen MR) is 58.6 cm³/mol. The number of amides is 1. The van der Waals surface area contributed by atoms with Crippen LogP contribution in [-0.4, -0.2) is 23.2 Å². The summed E-state index contributed by atoms with van der Waals surface area (Å²) in [5, 5.41) is 9.06. The van der Waals surface area contributed by atoms with Crippen molar-refractivity contribution in [3.63, 3.8) is 0 Å². The molecule has 0 spiro atoms. The summed E-state index contributed by atoms with van der Waals surface area (Å²) >= 11 is 0. The van der Waals surface area contributed by atoms with Gasteiger partial charge in [0, 0.05) is 6.04 Å². The number of carbonyl (C=O) groups is 1. The van der Waals surface area contributed by atoms with Gasteiger partial charge >= 0.3 is 12.1 Å². The van der Waals surface area contributed by atoms with Crippen molar-refractivity contribution in [1.29, 1.82) is 0 Å². The Morgan fingerprint density at radius 2 is 1.89 bits per heavy atom. The number of alkyl halides is 3. The molecule has 0 heterocycles. The van der Waals surface area contributed by atoms with Gasteiger partial charge in [-0.15, -0.1) is 0 Å². The number of phenols is 1. The minimum absolute atomic E-state index is 0.115. The maximum atomic E-state index is 11.9. The zero-order valence-electron chi connectivity index (χ0n) is 9.58. The molecular weight excluding hydrogens is 249 g/mol. The van der Waals surface area contributed by atoms with E-state index >= 15 is 0 Å². The molecule has 0 fully saturated rings. The molecule has 0 aromatic heterocycles. The van der Waals surface area contributed by atoms with Crippen molar-refractivity contribution < 1.29 is 23.1 Å². The molecule has 0 radical (unpaired) electrons. The molecule has 18 heavy (non-hydrogen) atoms. The fourth-order valence-corrected chi connectivity index (χ4v) is 1.30. The van der Waals surface area contributed by atoms with Gasteiger partial charge in [0.15, 0.2) is 0 Å². The van der Waals surface area contributed by atoms with Crippen LogP contribution < -0.4 is 10.9 Å². The maximum absolute atomic E-state index is 11.9. The second kappa shape index (κ2) is 5.72. The third kappa shape index (κ3) is 4.62. The van der Waals surface area contributed by atoms with Crippen molar-refractivity contribution in [2.45, 2.75) is 25.6 Å². The summed E-state index contributed by atoms with van der Waals surface area (Å²) in [5.74, 6) is -1.91. The molecule has 0 aliphatic carbocycles. The minimum Gasteiger partial charge on any atom is -0.508 e. The molecule has 0 aliphatic rings. The maximum Gasteiger partial charge on any atom is 0.472 e. The normalized spacial score (nSPS) is 13.1. The van der Waals surface area contributed by atoms with Gasteiger partial charge < -0.3 is 5.11 Å². The van der Waals surface area contributed by atoms with Crippen LogP contribution in [0, 0.1) is 0 Å². The van der Waals surface area contributed by atoms with E-state index in [-0.39, 0.29) is 11.8 Å². The zero-order valence-corrected chi connectivity index (χ0v) is 9.58. The number of aromatic hydroxyl groups is 1. The number of hydrogen-bond donors (Lipinski definition) is 3. The monoisotopic (exact) mass is 262 g/mol. The van der Waals surface area contributed by atoms with Gasteiger partial charge in [-0.25, -0.2) is 5.43 Å². The topological polar surface area (TPSA) is 61.4 Å². The molecule has 3 N–H and O–H groups in total. The van der Waals surface area contributed by atoms with Crippen molar-refractivity contribution in [2.75, 3.05) is 0 Å². The summed E-state index contributed by atoms with van der Waals surface area (Å²) in [4.78, 5) is 10.5. The summed E-state index contributed by atoms with van der Waals surface area (Å²) < 4.78 is 35.7. The van der Waals surface area contributed by atoms with E-state index in [0.29, 0.717) is 6.42 Å². The SMILES string of the molecule is C[C@H](Cc1ccc(O)cc1)NNC(=O)C(F)(F)F. The lowest BCUT2D eigenvalue weighted by atomic mass is 10.1. The Kier molecular flexibility index (Phi) is 4.55. The van der Waals surface area contributed by atoms with Gasteiger partial charge in [0.1, 0.15) is 5.75 Å². The highest BCUT2D eigenvalue weighted by atomic mass is 19.4. The van der Waals surface area contributed by atoms with Crippen LogP contribution in [0.3, 0.4) is 0 Å². The van der Waals surface area contributed by atoms with E-state index in [9.17, 15) is 18.0 Å². The zero-order chi connectivity index (χ0) is 13.8. The summed E-state index contributed by atoms with van der Waals surface area (Å²) in [6.45, 7) is 1.63. The van der Waals surface area contributed by atoms with E-state index in [1.807, 2.05) is 0 Å². The smallest absolute Gasteiger partial charge is 0.472 e. The lowest BCUT2D eigenvalue weighted by Crippen LogP contribution is -2.49. The van der Waals surface area contributed by atoms with Gasteiger partial charge in [0.25, 0.3) is 0 Å². The Hall–Kier alpha value is -1.76. The molecule has 7 heteroatoms. The lowest BCUT2D eigenvalue weighted by Gasteiger charge is -2.15. The molecule has 100 valence electrons. The molecule has 4 nitrogen and oxygen atoms in total. The Morgan fingerprint density at radius 1 is 1.33 bits per heavy atom. The fraction of sp³-hybridized carbons (Fsp3) is 0.364. The molecule has 1 atom stereocenters. The largest absolute Gasteiger partial charge is 0.508 e. The molecule has 0 saturated carbocycles. The van der Waals surface area contributed by atoms with Crippen LogP contribution in [0.2, 0.25) is 0 Å². The second-order valence-electron chi connectivity index (χ2n) is 3.87. The third-order valence-corrected chi connectivity index (χ3v) is 2.17. The average molecular weight is 262 g/mol. The molecule has 1 aromatic carbocycles. The minimum atomic E-state index is -4.90. The molecule has 1 amide bonds. The number of hydrazine groups is 1. The van der Waals surface area contributed by atoms with E-state index < -0.39 is 12.1 Å². The Bertz CT molecular complexity index is 404. The third-order valence-electron chi connectivity index (χ3n) is 2.17. The van der Waals surface area contributed by atoms with Gasteiger partial charge in [-0.3, -0.25) is 10.2 Å². The molecule has 0 saturated heterocycles. The number of carbonyl (C=O) groups excluding carboxylic acids is 1. The highest BCUT2D eigenvalue weighted by Crippen LogP contribution is 2.14. The first-order valence-corrected chi connectivity index (χ1v) is 5.19. The standard InChI is InChI=1S/C11H13F3N2O2/c1-7(15-16-10(18)11(12,13)14)6-8-2-4-9(17)5-3-8/h2-5,7,15,17H,6H2,1H3,(H,16,18)/t7-/m1/s1. The highest BCUT2D eigenvalue weighted by Gasteiger charge is 2.38. The summed E-state index contributed by atoms with van der Waals surface area (Å²) in [6.07, 6.45) is -4.48. The number of phenolic OH excluding ortho intramolecular Hbond substituents is 1. The van der Waals surface area contributed by atoms with Crippen LogP contribution in [0.1, 0.15) is 12.5 Å². The summed E-state index contributed by atoms with van der Waals surface area (Å²) in [7, 11) is 0. The highest BCUT2D eigenvalue weighted by molar-refractivity contribution is 5.81. The molecule has 0 unspecified atom stereocenters. The Morgan fingerprint density at radius 3 is 2.39 bits per heavy atom. The molecule has 0 bridgehead atoms. The van der Waals surface area contributed by atoms with Crippen LogP contribution >= 0.6 is 0 Å². The Labute approximate surface area is 102 Å². The van der Waals surface area contributed by atoms with Crippen LogP contribution in [0.5, 0.6) is 5.75 Å². The number of benzene rings is 1. The first kappa shape index (κ1) is 14.3. The van der Waals surface area contributed by atoms with Crippen LogP contribution in [0.4, 0.5) is 13.2 Å². The first-order chi connectivity index (χ1) is 8.29. The number of halogens is 3. The van der Waals surface area contributed by atoms with Crippen LogP contribution in [-0.2, 0) is 11.2 Å². The van der Waals surface area contributed by atoms with Gasteiger partial charge in [0.2, 0.25) is 0 Å². The van der Waals surface area contributed by atoms with Crippen molar-refractivity contribution >= 4 is 5.91 Å². The number of nitrogens with one attached hydrogen (secondary N) is 2. The molecule has 0 aliphatic heterocycles. The second-order valence-corrected chi connectivity index (χ2v) is 3.87. The van der Waals surface area contributed by atoms with E-state index in [1.165, 1.54) is 12.1 Å². The average Bonchev–Trinajstić information content (AvgIpc) is 2.28.